The quantitative estimate of drug-likeness (QED) is 0.508. The molecule has 1 heterocycles. The molecule has 0 amide bonds. The van der Waals surface area contributed by atoms with Gasteiger partial charge in [0.2, 0.25) is 0 Å². The molecule has 6 heteroatoms. The standard InChI is InChI=1S/C5H9N3.CH2O3/c6-2-1-5-3-7-4-8-5;2-1(3)4/h3-4H,1-2,6H2,(H,7,8);(H2,2,3,4). The molecule has 1 aromatic heterocycles. The maximum Gasteiger partial charge on any atom is 0.503 e. The highest BCUT2D eigenvalue weighted by molar-refractivity contribution is 5.53. The summed E-state index contributed by atoms with van der Waals surface area (Å²) in [5.74, 6) is 0. The Kier molecular flexibility index (Phi) is 5.37. The van der Waals surface area contributed by atoms with Gasteiger partial charge < -0.3 is 20.9 Å². The van der Waals surface area contributed by atoms with E-state index in [0.717, 1.165) is 12.1 Å². The molecule has 0 unspecified atom stereocenters. The Hall–Kier alpha value is -1.56. The number of hydrogen-bond donors (Lipinski definition) is 4. The van der Waals surface area contributed by atoms with E-state index in [9.17, 15) is 0 Å². The third-order valence-corrected chi connectivity index (χ3v) is 0.955. The fraction of sp³-hybridized carbons (Fsp3) is 0.333. The molecule has 0 aliphatic rings. The van der Waals surface area contributed by atoms with E-state index in [4.69, 9.17) is 20.7 Å². The van der Waals surface area contributed by atoms with Crippen molar-refractivity contribution in [3.63, 3.8) is 0 Å². The van der Waals surface area contributed by atoms with E-state index in [1.54, 1.807) is 6.33 Å². The average molecular weight is 173 g/mol. The van der Waals surface area contributed by atoms with Crippen LogP contribution in [0.4, 0.5) is 4.79 Å². The zero-order valence-corrected chi connectivity index (χ0v) is 6.40. The Labute approximate surface area is 69.1 Å². The van der Waals surface area contributed by atoms with Crippen LogP contribution in [0.5, 0.6) is 0 Å². The fourth-order valence-electron chi connectivity index (χ4n) is 0.576. The molecule has 0 aliphatic carbocycles. The maximum absolute atomic E-state index is 8.56. The number of imidazole rings is 1. The molecule has 12 heavy (non-hydrogen) atoms. The summed E-state index contributed by atoms with van der Waals surface area (Å²) in [6.45, 7) is 0.671. The van der Waals surface area contributed by atoms with Gasteiger partial charge in [0, 0.05) is 12.6 Å². The number of nitrogens with zero attached hydrogens (tertiary/aromatic N) is 1. The van der Waals surface area contributed by atoms with E-state index in [1.807, 2.05) is 6.20 Å². The summed E-state index contributed by atoms with van der Waals surface area (Å²) in [6.07, 6.45) is 2.54. The summed E-state index contributed by atoms with van der Waals surface area (Å²) in [6, 6.07) is 0. The Bertz CT molecular complexity index is 206. The normalized spacial score (nSPS) is 8.42. The van der Waals surface area contributed by atoms with Gasteiger partial charge in [0.25, 0.3) is 0 Å². The highest BCUT2D eigenvalue weighted by Gasteiger charge is 1.87. The van der Waals surface area contributed by atoms with Gasteiger partial charge in [0.15, 0.2) is 0 Å². The molecule has 68 valence electrons. The molecule has 0 aromatic carbocycles. The minimum absolute atomic E-state index is 0.671. The minimum atomic E-state index is -1.83. The number of rotatable bonds is 2. The summed E-state index contributed by atoms with van der Waals surface area (Å²) >= 11 is 0. The van der Waals surface area contributed by atoms with Gasteiger partial charge in [-0.2, -0.15) is 0 Å². The van der Waals surface area contributed by atoms with Crippen molar-refractivity contribution in [3.05, 3.63) is 18.2 Å². The van der Waals surface area contributed by atoms with Crippen LogP contribution in [0.3, 0.4) is 0 Å². The minimum Gasteiger partial charge on any atom is -0.450 e. The number of aromatic amines is 1. The van der Waals surface area contributed by atoms with Crippen LogP contribution in [0.2, 0.25) is 0 Å². The van der Waals surface area contributed by atoms with E-state index in [-0.39, 0.29) is 0 Å². The third-order valence-electron chi connectivity index (χ3n) is 0.955. The molecule has 0 bridgehead atoms. The van der Waals surface area contributed by atoms with Crippen molar-refractivity contribution in [3.8, 4) is 0 Å². The first-order valence-electron chi connectivity index (χ1n) is 3.26. The number of carbonyl (C=O) groups is 1. The van der Waals surface area contributed by atoms with E-state index >= 15 is 0 Å². The summed E-state index contributed by atoms with van der Waals surface area (Å²) in [5.41, 5.74) is 6.30. The van der Waals surface area contributed by atoms with Gasteiger partial charge in [-0.25, -0.2) is 9.78 Å². The van der Waals surface area contributed by atoms with Crippen LogP contribution in [0.15, 0.2) is 12.5 Å². The molecule has 0 spiro atoms. The number of nitrogens with one attached hydrogen (secondary N) is 1. The average Bonchev–Trinajstić information content (AvgIpc) is 2.39. The number of H-pyrrole nitrogens is 1. The van der Waals surface area contributed by atoms with E-state index < -0.39 is 6.16 Å². The lowest BCUT2D eigenvalue weighted by Crippen LogP contribution is -2.02. The fourth-order valence-corrected chi connectivity index (χ4v) is 0.576. The molecule has 0 fully saturated rings. The molecular formula is C6H11N3O3. The molecule has 0 aliphatic heterocycles. The Morgan fingerprint density at radius 3 is 2.58 bits per heavy atom. The molecule has 5 N–H and O–H groups in total. The molecule has 0 saturated carbocycles. The van der Waals surface area contributed by atoms with E-state index in [1.165, 1.54) is 0 Å². The SMILES string of the molecule is NCCc1c[nH]cn1.O=C(O)O. The van der Waals surface area contributed by atoms with Crippen LogP contribution < -0.4 is 5.73 Å². The van der Waals surface area contributed by atoms with Gasteiger partial charge in [0.1, 0.15) is 0 Å². The lowest BCUT2D eigenvalue weighted by atomic mass is 10.3. The van der Waals surface area contributed by atoms with Crippen molar-refractivity contribution in [2.24, 2.45) is 5.73 Å². The van der Waals surface area contributed by atoms with Crippen molar-refractivity contribution in [2.75, 3.05) is 6.54 Å². The summed E-state index contributed by atoms with van der Waals surface area (Å²) in [5, 5.41) is 13.9. The monoisotopic (exact) mass is 173 g/mol. The third kappa shape index (κ3) is 6.56. The van der Waals surface area contributed by atoms with E-state index in [0.29, 0.717) is 6.54 Å². The van der Waals surface area contributed by atoms with Crippen LogP contribution in [0, 0.1) is 0 Å². The van der Waals surface area contributed by atoms with Crippen LogP contribution in [-0.4, -0.2) is 32.9 Å². The lowest BCUT2D eigenvalue weighted by Gasteiger charge is -1.85. The number of hydrogen-bond acceptors (Lipinski definition) is 3. The molecule has 6 nitrogen and oxygen atoms in total. The van der Waals surface area contributed by atoms with Crippen molar-refractivity contribution in [1.29, 1.82) is 0 Å². The molecule has 1 rings (SSSR count). The van der Waals surface area contributed by atoms with Crippen molar-refractivity contribution in [2.45, 2.75) is 6.42 Å². The van der Waals surface area contributed by atoms with E-state index in [2.05, 4.69) is 9.97 Å². The van der Waals surface area contributed by atoms with Gasteiger partial charge in [-0.15, -0.1) is 0 Å². The van der Waals surface area contributed by atoms with Crippen LogP contribution >= 0.6 is 0 Å². The van der Waals surface area contributed by atoms with Gasteiger partial charge in [-0.3, -0.25) is 0 Å². The largest absolute Gasteiger partial charge is 0.503 e. The van der Waals surface area contributed by atoms with Crippen molar-refractivity contribution >= 4 is 6.16 Å². The summed E-state index contributed by atoms with van der Waals surface area (Å²) < 4.78 is 0. The van der Waals surface area contributed by atoms with Gasteiger partial charge in [-0.05, 0) is 6.54 Å². The number of aromatic nitrogens is 2. The smallest absolute Gasteiger partial charge is 0.450 e. The topological polar surface area (TPSA) is 112 Å². The first-order chi connectivity index (χ1) is 5.66. The first-order valence-corrected chi connectivity index (χ1v) is 3.26. The zero-order chi connectivity index (χ0) is 9.40. The highest BCUT2D eigenvalue weighted by Crippen LogP contribution is 1.88. The predicted octanol–water partition coefficient (Wildman–Crippen LogP) is 0.133. The van der Waals surface area contributed by atoms with Crippen LogP contribution in [0.1, 0.15) is 5.69 Å². The first kappa shape index (κ1) is 10.4. The van der Waals surface area contributed by atoms with Gasteiger partial charge >= 0.3 is 6.16 Å². The number of carboxylic acid groups (broad SMARTS) is 2. The Morgan fingerprint density at radius 1 is 1.67 bits per heavy atom. The maximum atomic E-state index is 8.56. The molecular weight excluding hydrogens is 162 g/mol. The zero-order valence-electron chi connectivity index (χ0n) is 6.40. The van der Waals surface area contributed by atoms with Crippen molar-refractivity contribution in [1.82, 2.24) is 9.97 Å². The van der Waals surface area contributed by atoms with Crippen LogP contribution in [-0.2, 0) is 6.42 Å². The van der Waals surface area contributed by atoms with Crippen LogP contribution in [0.25, 0.3) is 0 Å². The van der Waals surface area contributed by atoms with Crippen molar-refractivity contribution < 1.29 is 15.0 Å². The second-order valence-corrected chi connectivity index (χ2v) is 1.88. The Balaban J connectivity index is 0.000000261. The molecule has 0 atom stereocenters. The summed E-state index contributed by atoms with van der Waals surface area (Å²) in [7, 11) is 0. The summed E-state index contributed by atoms with van der Waals surface area (Å²) in [4.78, 5) is 15.4. The second kappa shape index (κ2) is 6.17. The Morgan fingerprint density at radius 2 is 2.25 bits per heavy atom. The van der Waals surface area contributed by atoms with Gasteiger partial charge in [0.05, 0.1) is 12.0 Å². The predicted molar refractivity (Wildman–Crippen MR) is 42.0 cm³/mol. The number of nitrogens with two attached hydrogens (primary N) is 1. The molecule has 1 aromatic rings. The lowest BCUT2D eigenvalue weighted by molar-refractivity contribution is 0.137. The van der Waals surface area contributed by atoms with Gasteiger partial charge in [-0.1, -0.05) is 0 Å². The second-order valence-electron chi connectivity index (χ2n) is 1.88. The molecule has 0 radical (unpaired) electrons. The molecule has 0 saturated heterocycles. The highest BCUT2D eigenvalue weighted by atomic mass is 16.6.